The highest BCUT2D eigenvalue weighted by Crippen LogP contribution is 2.27. The number of fused-ring (bicyclic) bond motifs is 1. The zero-order valence-corrected chi connectivity index (χ0v) is 13.6. The number of aromatic nitrogens is 2. The molecular weight excluding hydrogens is 338 g/mol. The van der Waals surface area contributed by atoms with Gasteiger partial charge in [-0.1, -0.05) is 6.07 Å². The van der Waals surface area contributed by atoms with E-state index >= 15 is 0 Å². The smallest absolute Gasteiger partial charge is 0.275 e. The first kappa shape index (κ1) is 15.2. The summed E-state index contributed by atoms with van der Waals surface area (Å²) in [6, 6.07) is 10.0. The zero-order chi connectivity index (χ0) is 17.2. The van der Waals surface area contributed by atoms with Crippen molar-refractivity contribution in [3.63, 3.8) is 0 Å². The summed E-state index contributed by atoms with van der Waals surface area (Å²) in [6.07, 6.45) is 3.25. The van der Waals surface area contributed by atoms with Gasteiger partial charge in [0.25, 0.3) is 5.91 Å². The Hall–Kier alpha value is -3.32. The molecule has 4 rings (SSSR count). The summed E-state index contributed by atoms with van der Waals surface area (Å²) in [5.74, 6) is 0.0316. The fourth-order valence-electron chi connectivity index (χ4n) is 2.44. The van der Waals surface area contributed by atoms with E-state index in [0.29, 0.717) is 33.7 Å². The Morgan fingerprint density at radius 1 is 1.20 bits per heavy atom. The topological polar surface area (TPSA) is 85.1 Å². The number of thiazole rings is 1. The number of amides is 1. The summed E-state index contributed by atoms with van der Waals surface area (Å²) in [4.78, 5) is 32.7. The van der Waals surface area contributed by atoms with E-state index in [9.17, 15) is 9.59 Å². The van der Waals surface area contributed by atoms with Gasteiger partial charge in [-0.2, -0.15) is 0 Å². The van der Waals surface area contributed by atoms with Crippen molar-refractivity contribution in [2.24, 2.45) is 0 Å². The predicted molar refractivity (Wildman–Crippen MR) is 95.8 cm³/mol. The molecule has 0 aliphatic heterocycles. The number of para-hydroxylation sites is 1. The second kappa shape index (κ2) is 6.29. The van der Waals surface area contributed by atoms with Crippen LogP contribution in [0.4, 0.5) is 5.69 Å². The average Bonchev–Trinajstić information content (AvgIpc) is 3.18. The van der Waals surface area contributed by atoms with E-state index in [1.807, 2.05) is 0 Å². The van der Waals surface area contributed by atoms with Crippen molar-refractivity contribution in [3.8, 4) is 11.3 Å². The predicted octanol–water partition coefficient (Wildman–Crippen LogP) is 3.56. The number of nitrogens with zero attached hydrogens (tertiary/aromatic N) is 2. The van der Waals surface area contributed by atoms with Crippen LogP contribution in [0.1, 0.15) is 10.5 Å². The Kier molecular flexibility index (Phi) is 3.83. The number of hydrogen-bond donors (Lipinski definition) is 1. The average molecular weight is 349 g/mol. The molecule has 1 aromatic carbocycles. The lowest BCUT2D eigenvalue weighted by Gasteiger charge is -2.08. The van der Waals surface area contributed by atoms with Gasteiger partial charge in [-0.25, -0.2) is 4.98 Å². The highest BCUT2D eigenvalue weighted by Gasteiger charge is 2.14. The number of nitrogens with one attached hydrogen (secondary N) is 1. The molecular formula is C18H11N3O3S. The fraction of sp³-hybridized carbons (Fsp3) is 0. The van der Waals surface area contributed by atoms with E-state index < -0.39 is 0 Å². The molecule has 0 atom stereocenters. The number of hydrogen-bond acceptors (Lipinski definition) is 6. The van der Waals surface area contributed by atoms with Crippen LogP contribution in [0.25, 0.3) is 22.3 Å². The largest absolute Gasteiger partial charge is 0.454 e. The summed E-state index contributed by atoms with van der Waals surface area (Å²) in [7, 11) is 0. The molecule has 1 N–H and O–H groups in total. The van der Waals surface area contributed by atoms with Gasteiger partial charge < -0.3 is 9.73 Å². The number of carbonyl (C=O) groups is 1. The van der Waals surface area contributed by atoms with Crippen LogP contribution in [0.15, 0.2) is 68.9 Å². The quantitative estimate of drug-likeness (QED) is 0.611. The molecule has 0 saturated heterocycles. The van der Waals surface area contributed by atoms with Crippen molar-refractivity contribution in [1.82, 2.24) is 9.97 Å². The molecule has 7 heteroatoms. The Labute approximate surface area is 145 Å². The van der Waals surface area contributed by atoms with Gasteiger partial charge in [-0.05, 0) is 24.3 Å². The minimum absolute atomic E-state index is 0.190. The Bertz CT molecular complexity index is 1110. The molecule has 0 aliphatic carbocycles. The van der Waals surface area contributed by atoms with Crippen LogP contribution in [0.3, 0.4) is 0 Å². The highest BCUT2D eigenvalue weighted by molar-refractivity contribution is 7.07. The van der Waals surface area contributed by atoms with Crippen molar-refractivity contribution in [2.75, 3.05) is 5.32 Å². The van der Waals surface area contributed by atoms with Crippen LogP contribution < -0.4 is 10.7 Å². The SMILES string of the molecule is O=C(Nc1cccc2c(=O)cc(-c3cccnc3)oc12)c1cscn1. The maximum atomic E-state index is 12.4. The van der Waals surface area contributed by atoms with Crippen molar-refractivity contribution in [1.29, 1.82) is 0 Å². The van der Waals surface area contributed by atoms with Crippen LogP contribution in [-0.4, -0.2) is 15.9 Å². The summed E-state index contributed by atoms with van der Waals surface area (Å²) in [5.41, 5.74) is 3.12. The van der Waals surface area contributed by atoms with Crippen molar-refractivity contribution in [2.45, 2.75) is 0 Å². The number of benzene rings is 1. The molecule has 6 nitrogen and oxygen atoms in total. The van der Waals surface area contributed by atoms with Crippen LogP contribution in [0.2, 0.25) is 0 Å². The summed E-state index contributed by atoms with van der Waals surface area (Å²) in [6.45, 7) is 0. The number of rotatable bonds is 3. The molecule has 0 fully saturated rings. The van der Waals surface area contributed by atoms with Crippen LogP contribution in [-0.2, 0) is 0 Å². The minimum atomic E-state index is -0.358. The van der Waals surface area contributed by atoms with Crippen LogP contribution in [0, 0.1) is 0 Å². The van der Waals surface area contributed by atoms with Gasteiger partial charge in [0.1, 0.15) is 11.5 Å². The molecule has 1 amide bonds. The van der Waals surface area contributed by atoms with E-state index in [4.69, 9.17) is 4.42 Å². The van der Waals surface area contributed by atoms with Gasteiger partial charge >= 0.3 is 0 Å². The molecule has 0 saturated carbocycles. The standard InChI is InChI=1S/C18H11N3O3S/c22-15-7-16(11-3-2-6-19-8-11)24-17-12(15)4-1-5-13(17)21-18(23)14-9-25-10-20-14/h1-10H,(H,21,23). The minimum Gasteiger partial charge on any atom is -0.454 e. The molecule has 4 aromatic rings. The lowest BCUT2D eigenvalue weighted by atomic mass is 10.1. The Morgan fingerprint density at radius 3 is 2.88 bits per heavy atom. The Morgan fingerprint density at radius 2 is 2.12 bits per heavy atom. The fourth-order valence-corrected chi connectivity index (χ4v) is 2.97. The van der Waals surface area contributed by atoms with Crippen molar-refractivity contribution >= 4 is 33.9 Å². The lowest BCUT2D eigenvalue weighted by molar-refractivity contribution is 0.102. The van der Waals surface area contributed by atoms with Gasteiger partial charge in [-0.15, -0.1) is 11.3 Å². The third-order valence-electron chi connectivity index (χ3n) is 3.61. The highest BCUT2D eigenvalue weighted by atomic mass is 32.1. The second-order valence-electron chi connectivity index (χ2n) is 5.23. The molecule has 0 spiro atoms. The van der Waals surface area contributed by atoms with Gasteiger partial charge in [0.05, 0.1) is 16.6 Å². The zero-order valence-electron chi connectivity index (χ0n) is 12.8. The van der Waals surface area contributed by atoms with Gasteiger partial charge in [0.2, 0.25) is 0 Å². The first-order valence-corrected chi connectivity index (χ1v) is 8.33. The van der Waals surface area contributed by atoms with E-state index in [0.717, 1.165) is 0 Å². The third kappa shape index (κ3) is 2.92. The molecule has 0 bridgehead atoms. The van der Waals surface area contributed by atoms with E-state index in [2.05, 4.69) is 15.3 Å². The van der Waals surface area contributed by atoms with Crippen LogP contribution >= 0.6 is 11.3 Å². The second-order valence-corrected chi connectivity index (χ2v) is 5.95. The van der Waals surface area contributed by atoms with E-state index in [-0.39, 0.29) is 11.3 Å². The summed E-state index contributed by atoms with van der Waals surface area (Å²) >= 11 is 1.33. The molecule has 3 aromatic heterocycles. The number of anilines is 1. The maximum absolute atomic E-state index is 12.4. The summed E-state index contributed by atoms with van der Waals surface area (Å²) < 4.78 is 5.91. The number of pyridine rings is 1. The van der Waals surface area contributed by atoms with E-state index in [1.54, 1.807) is 53.6 Å². The first-order chi connectivity index (χ1) is 12.2. The first-order valence-electron chi connectivity index (χ1n) is 7.39. The van der Waals surface area contributed by atoms with E-state index in [1.165, 1.54) is 17.4 Å². The Balaban J connectivity index is 1.83. The van der Waals surface area contributed by atoms with Gasteiger partial charge in [-0.3, -0.25) is 14.6 Å². The molecule has 0 aliphatic rings. The lowest BCUT2D eigenvalue weighted by Crippen LogP contribution is -2.13. The van der Waals surface area contributed by atoms with Gasteiger partial charge in [0.15, 0.2) is 11.0 Å². The molecule has 25 heavy (non-hydrogen) atoms. The molecule has 0 unspecified atom stereocenters. The molecule has 3 heterocycles. The third-order valence-corrected chi connectivity index (χ3v) is 4.20. The molecule has 122 valence electrons. The monoisotopic (exact) mass is 349 g/mol. The number of carbonyl (C=O) groups excluding carboxylic acids is 1. The van der Waals surface area contributed by atoms with Gasteiger partial charge in [0, 0.05) is 29.4 Å². The summed E-state index contributed by atoms with van der Waals surface area (Å²) in [5, 5.41) is 4.79. The van der Waals surface area contributed by atoms with Crippen molar-refractivity contribution in [3.05, 3.63) is 75.6 Å². The molecule has 0 radical (unpaired) electrons. The van der Waals surface area contributed by atoms with Crippen molar-refractivity contribution < 1.29 is 9.21 Å². The van der Waals surface area contributed by atoms with Crippen LogP contribution in [0.5, 0.6) is 0 Å². The normalized spacial score (nSPS) is 10.7. The maximum Gasteiger partial charge on any atom is 0.275 e.